The number of benzene rings is 2. The summed E-state index contributed by atoms with van der Waals surface area (Å²) in [6, 6.07) is 18.3. The minimum Gasteiger partial charge on any atom is -0.871 e. The van der Waals surface area contributed by atoms with E-state index in [1.807, 2.05) is 42.5 Å². The average molecular weight is 461 g/mol. The third-order valence-corrected chi connectivity index (χ3v) is 12.2. The van der Waals surface area contributed by atoms with Crippen LogP contribution in [0.1, 0.15) is 43.9 Å². The summed E-state index contributed by atoms with van der Waals surface area (Å²) in [4.78, 5) is 14.0. The first-order chi connectivity index (χ1) is 15.5. The summed E-state index contributed by atoms with van der Waals surface area (Å²) in [6.07, 6.45) is 0.434. The third kappa shape index (κ3) is 4.06. The van der Waals surface area contributed by atoms with Crippen molar-refractivity contribution >= 4 is 19.8 Å². The molecule has 0 radical (unpaired) electrons. The van der Waals surface area contributed by atoms with Gasteiger partial charge in [0.25, 0.3) is 0 Å². The van der Waals surface area contributed by atoms with E-state index in [2.05, 4.69) is 39.9 Å². The number of hydrogen-bond donors (Lipinski definition) is 0. The Hall–Kier alpha value is -2.72. The molecule has 2 aliphatic rings. The fourth-order valence-corrected chi connectivity index (χ4v) is 6.23. The van der Waals surface area contributed by atoms with Crippen LogP contribution >= 0.6 is 0 Å². The molecule has 0 N–H and O–H groups in total. The van der Waals surface area contributed by atoms with Gasteiger partial charge in [0.05, 0.1) is 17.2 Å². The van der Waals surface area contributed by atoms with Crippen LogP contribution in [0.15, 0.2) is 60.4 Å². The third-order valence-electron chi connectivity index (χ3n) is 7.66. The number of carbonyl (C=O) groups is 1. The standard InChI is InChI=1S/C27H32N2O3Si/c1-27(2,3)33(4,5)32-22-15-23-25(30)24(21-9-7-6-8-10-21)26(31)29(23,18-22)17-20-13-11-19(16-28)12-14-20/h6-14,22-23H,15,17-18H2,1-5H3/t22-,23-,29-/m1/s1. The van der Waals surface area contributed by atoms with Gasteiger partial charge in [0.1, 0.15) is 25.2 Å². The van der Waals surface area contributed by atoms with Crippen LogP contribution in [0, 0.1) is 11.3 Å². The fraction of sp³-hybridized carbons (Fsp3) is 0.407. The second-order valence-corrected chi connectivity index (χ2v) is 15.6. The van der Waals surface area contributed by atoms with Crippen LogP contribution in [0.4, 0.5) is 0 Å². The van der Waals surface area contributed by atoms with E-state index < -0.39 is 14.4 Å². The molecule has 0 spiro atoms. The summed E-state index contributed by atoms with van der Waals surface area (Å²) in [5.74, 6) is -0.178. The molecule has 6 heteroatoms. The monoisotopic (exact) mass is 460 g/mol. The lowest BCUT2D eigenvalue weighted by molar-refractivity contribution is -0.873. The number of carbonyl (C=O) groups excluding carboxylic acids is 1. The number of nitriles is 1. The minimum absolute atomic E-state index is 0.0489. The number of rotatable bonds is 5. The molecule has 2 aromatic rings. The molecule has 3 atom stereocenters. The van der Waals surface area contributed by atoms with Crippen LogP contribution < -0.4 is 5.11 Å². The Bertz CT molecular complexity index is 1130. The first-order valence-corrected chi connectivity index (χ1v) is 14.4. The van der Waals surface area contributed by atoms with Crippen LogP contribution in [-0.2, 0) is 15.8 Å². The van der Waals surface area contributed by atoms with Crippen molar-refractivity contribution in [2.45, 2.75) is 64.0 Å². The summed E-state index contributed by atoms with van der Waals surface area (Å²) in [5.41, 5.74) is 2.54. The number of amides is 1. The molecule has 33 heavy (non-hydrogen) atoms. The van der Waals surface area contributed by atoms with Gasteiger partial charge in [0, 0.05) is 12.0 Å². The summed E-state index contributed by atoms with van der Waals surface area (Å²) in [5, 5.41) is 22.8. The van der Waals surface area contributed by atoms with E-state index in [1.165, 1.54) is 0 Å². The molecular weight excluding hydrogens is 428 g/mol. The average Bonchev–Trinajstić information content (AvgIpc) is 3.20. The number of fused-ring (bicyclic) bond motifs is 1. The lowest BCUT2D eigenvalue weighted by atomic mass is 10.0. The van der Waals surface area contributed by atoms with Gasteiger partial charge in [-0.3, -0.25) is 0 Å². The van der Waals surface area contributed by atoms with E-state index in [-0.39, 0.29) is 27.3 Å². The van der Waals surface area contributed by atoms with Crippen molar-refractivity contribution in [3.63, 3.8) is 0 Å². The largest absolute Gasteiger partial charge is 0.871 e. The van der Waals surface area contributed by atoms with Crippen LogP contribution in [0.25, 0.3) is 5.57 Å². The fourth-order valence-electron chi connectivity index (χ4n) is 4.87. The van der Waals surface area contributed by atoms with Crippen molar-refractivity contribution in [2.75, 3.05) is 6.54 Å². The van der Waals surface area contributed by atoms with Gasteiger partial charge in [-0.25, -0.2) is 9.28 Å². The van der Waals surface area contributed by atoms with E-state index >= 15 is 0 Å². The zero-order chi connectivity index (χ0) is 24.0. The van der Waals surface area contributed by atoms with Gasteiger partial charge in [-0.2, -0.15) is 5.26 Å². The van der Waals surface area contributed by atoms with E-state index in [4.69, 9.17) is 9.69 Å². The van der Waals surface area contributed by atoms with Gasteiger partial charge in [-0.05, 0) is 35.8 Å². The van der Waals surface area contributed by atoms with Gasteiger partial charge in [-0.15, -0.1) is 0 Å². The smallest absolute Gasteiger partial charge is 0.346 e. The maximum atomic E-state index is 14.0. The molecule has 0 bridgehead atoms. The molecule has 0 unspecified atom stereocenters. The van der Waals surface area contributed by atoms with Gasteiger partial charge >= 0.3 is 5.91 Å². The van der Waals surface area contributed by atoms with E-state index in [1.54, 1.807) is 12.1 Å². The zero-order valence-corrected chi connectivity index (χ0v) is 21.1. The van der Waals surface area contributed by atoms with E-state index in [0.29, 0.717) is 36.2 Å². The normalized spacial score (nSPS) is 25.3. The van der Waals surface area contributed by atoms with Crippen molar-refractivity contribution in [2.24, 2.45) is 0 Å². The molecule has 172 valence electrons. The molecule has 0 aliphatic carbocycles. The molecule has 1 fully saturated rings. The molecule has 1 amide bonds. The topological polar surface area (TPSA) is 73.2 Å². The molecule has 2 aliphatic heterocycles. The lowest BCUT2D eigenvalue weighted by Crippen LogP contribution is -2.54. The van der Waals surface area contributed by atoms with Crippen molar-refractivity contribution in [3.05, 3.63) is 77.0 Å². The Morgan fingerprint density at radius 3 is 2.33 bits per heavy atom. The van der Waals surface area contributed by atoms with E-state index in [0.717, 1.165) is 5.56 Å². The molecule has 0 aromatic heterocycles. The molecular formula is C27H32N2O3Si. The summed E-state index contributed by atoms with van der Waals surface area (Å²) in [6.45, 7) is 12.0. The van der Waals surface area contributed by atoms with Crippen LogP contribution in [0.5, 0.6) is 0 Å². The number of quaternary nitrogens is 1. The summed E-state index contributed by atoms with van der Waals surface area (Å²) in [7, 11) is -2.06. The SMILES string of the molecule is CC(C)(C)[Si](C)(C)O[C@@H]1C[C@@H]2C([O-])=C(c3ccccc3)C(=O)[N@+]2(Cc2ccc(C#N)cc2)C1. The highest BCUT2D eigenvalue weighted by atomic mass is 28.4. The van der Waals surface area contributed by atoms with Crippen molar-refractivity contribution < 1.29 is 18.8 Å². The maximum absolute atomic E-state index is 14.0. The highest BCUT2D eigenvalue weighted by Crippen LogP contribution is 2.47. The van der Waals surface area contributed by atoms with Gasteiger partial charge < -0.3 is 9.53 Å². The Labute approximate surface area is 197 Å². The first kappa shape index (κ1) is 23.4. The van der Waals surface area contributed by atoms with Crippen molar-refractivity contribution in [1.82, 2.24) is 0 Å². The van der Waals surface area contributed by atoms with Gasteiger partial charge in [0.2, 0.25) is 0 Å². The number of hydrogen-bond acceptors (Lipinski definition) is 4. The second-order valence-electron chi connectivity index (χ2n) is 10.8. The maximum Gasteiger partial charge on any atom is 0.346 e. The summed E-state index contributed by atoms with van der Waals surface area (Å²) >= 11 is 0. The van der Waals surface area contributed by atoms with Gasteiger partial charge in [-0.1, -0.05) is 69.0 Å². The Balaban J connectivity index is 1.72. The molecule has 1 saturated heterocycles. The Morgan fingerprint density at radius 2 is 1.76 bits per heavy atom. The molecule has 4 rings (SSSR count). The highest BCUT2D eigenvalue weighted by Gasteiger charge is 2.59. The molecule has 2 heterocycles. The van der Waals surface area contributed by atoms with Crippen molar-refractivity contribution in [3.8, 4) is 6.07 Å². The lowest BCUT2D eigenvalue weighted by Gasteiger charge is -2.38. The predicted molar refractivity (Wildman–Crippen MR) is 129 cm³/mol. The highest BCUT2D eigenvalue weighted by molar-refractivity contribution is 6.74. The van der Waals surface area contributed by atoms with Gasteiger partial charge in [0.15, 0.2) is 8.32 Å². The Morgan fingerprint density at radius 1 is 1.12 bits per heavy atom. The van der Waals surface area contributed by atoms with Crippen LogP contribution in [0.3, 0.4) is 0 Å². The second kappa shape index (κ2) is 8.25. The first-order valence-electron chi connectivity index (χ1n) is 11.5. The quantitative estimate of drug-likeness (QED) is 0.491. The Kier molecular flexibility index (Phi) is 5.86. The van der Waals surface area contributed by atoms with Crippen LogP contribution in [-0.4, -0.2) is 37.4 Å². The number of nitrogens with zero attached hydrogens (tertiary/aromatic N) is 2. The summed E-state index contributed by atoms with van der Waals surface area (Å²) < 4.78 is 6.78. The molecule has 2 aromatic carbocycles. The molecule has 0 saturated carbocycles. The predicted octanol–water partition coefficient (Wildman–Crippen LogP) is 4.35. The van der Waals surface area contributed by atoms with E-state index in [9.17, 15) is 9.90 Å². The van der Waals surface area contributed by atoms with Crippen LogP contribution in [0.2, 0.25) is 18.1 Å². The molecule has 5 nitrogen and oxygen atoms in total. The zero-order valence-electron chi connectivity index (χ0n) is 20.1. The minimum atomic E-state index is -2.06. The van der Waals surface area contributed by atoms with Crippen molar-refractivity contribution in [1.29, 1.82) is 5.26 Å².